The molecule has 6 nitrogen and oxygen atoms in total. The Morgan fingerprint density at radius 3 is 2.88 bits per heavy atom. The van der Waals surface area contributed by atoms with Crippen LogP contribution in [0.25, 0.3) is 0 Å². The number of nitrogens with one attached hydrogen (secondary N) is 1. The Morgan fingerprint density at radius 2 is 2.17 bits per heavy atom. The molecule has 0 saturated carbocycles. The van der Waals surface area contributed by atoms with Crippen molar-refractivity contribution in [2.24, 2.45) is 0 Å². The largest absolute Gasteiger partial charge is 0.326 e. The van der Waals surface area contributed by atoms with E-state index in [1.54, 1.807) is 21.8 Å². The van der Waals surface area contributed by atoms with Gasteiger partial charge in [-0.25, -0.2) is 0 Å². The molecule has 0 spiro atoms. The minimum absolute atomic E-state index is 0.0394. The van der Waals surface area contributed by atoms with Crippen LogP contribution in [0.5, 0.6) is 0 Å². The van der Waals surface area contributed by atoms with Crippen molar-refractivity contribution in [1.29, 1.82) is 0 Å². The molecule has 0 fully saturated rings. The molecule has 2 aromatic heterocycles. The zero-order chi connectivity index (χ0) is 16.9. The fraction of sp³-hybridized carbons (Fsp3) is 0.235. The Kier molecular flexibility index (Phi) is 4.96. The molecule has 24 heavy (non-hydrogen) atoms. The van der Waals surface area contributed by atoms with E-state index < -0.39 is 0 Å². The lowest BCUT2D eigenvalue weighted by molar-refractivity contribution is -0.116. The fourth-order valence-corrected chi connectivity index (χ4v) is 2.54. The van der Waals surface area contributed by atoms with Crippen molar-refractivity contribution in [2.45, 2.75) is 26.4 Å². The van der Waals surface area contributed by atoms with Gasteiger partial charge in [0, 0.05) is 31.0 Å². The highest BCUT2D eigenvalue weighted by molar-refractivity contribution is 6.30. The molecule has 0 radical (unpaired) electrons. The predicted molar refractivity (Wildman–Crippen MR) is 93.0 cm³/mol. The smallest absolute Gasteiger partial charge is 0.226 e. The highest BCUT2D eigenvalue weighted by Gasteiger charge is 2.05. The minimum Gasteiger partial charge on any atom is -0.326 e. The molecule has 0 aliphatic heterocycles. The molecule has 1 N–H and O–H groups in total. The Morgan fingerprint density at radius 1 is 1.29 bits per heavy atom. The summed E-state index contributed by atoms with van der Waals surface area (Å²) in [4.78, 5) is 12.1. The number of hydrogen-bond donors (Lipinski definition) is 1. The summed E-state index contributed by atoms with van der Waals surface area (Å²) < 4.78 is 3.52. The van der Waals surface area contributed by atoms with Crippen molar-refractivity contribution in [1.82, 2.24) is 19.6 Å². The molecule has 1 aromatic carbocycles. The quantitative estimate of drug-likeness (QED) is 0.748. The molecule has 1 amide bonds. The summed E-state index contributed by atoms with van der Waals surface area (Å²) in [5.74, 6) is -0.0394. The molecule has 0 aliphatic rings. The third-order valence-corrected chi connectivity index (χ3v) is 3.69. The van der Waals surface area contributed by atoms with Gasteiger partial charge < -0.3 is 5.32 Å². The second kappa shape index (κ2) is 7.31. The lowest BCUT2D eigenvalue weighted by atomic mass is 10.2. The summed E-state index contributed by atoms with van der Waals surface area (Å²) in [6.45, 7) is 3.09. The van der Waals surface area contributed by atoms with E-state index in [-0.39, 0.29) is 5.91 Å². The SMILES string of the molecule is Cc1ccn(CCC(=O)Nc2cccc(Cn3cc(Cl)cn3)c2)n1. The summed E-state index contributed by atoms with van der Waals surface area (Å²) >= 11 is 5.87. The summed E-state index contributed by atoms with van der Waals surface area (Å²) in [6, 6.07) is 9.62. The van der Waals surface area contributed by atoms with Gasteiger partial charge in [0.1, 0.15) is 0 Å². The van der Waals surface area contributed by atoms with Crippen molar-refractivity contribution >= 4 is 23.2 Å². The summed E-state index contributed by atoms with van der Waals surface area (Å²) in [6.07, 6.45) is 5.61. The number of carbonyl (C=O) groups excluding carboxylic acids is 1. The molecule has 0 atom stereocenters. The monoisotopic (exact) mass is 343 g/mol. The van der Waals surface area contributed by atoms with Gasteiger partial charge in [-0.05, 0) is 30.7 Å². The van der Waals surface area contributed by atoms with Crippen molar-refractivity contribution in [2.75, 3.05) is 5.32 Å². The highest BCUT2D eigenvalue weighted by Crippen LogP contribution is 2.13. The summed E-state index contributed by atoms with van der Waals surface area (Å²) in [5.41, 5.74) is 2.75. The average molecular weight is 344 g/mol. The maximum absolute atomic E-state index is 12.1. The first-order valence-corrected chi connectivity index (χ1v) is 8.03. The number of amides is 1. The number of carbonyl (C=O) groups is 1. The summed E-state index contributed by atoms with van der Waals surface area (Å²) in [5, 5.41) is 11.9. The molecule has 3 rings (SSSR count). The van der Waals surface area contributed by atoms with Crippen LogP contribution in [0.4, 0.5) is 5.69 Å². The van der Waals surface area contributed by atoms with E-state index in [1.807, 2.05) is 43.5 Å². The number of aromatic nitrogens is 4. The number of anilines is 1. The maximum atomic E-state index is 12.1. The average Bonchev–Trinajstić information content (AvgIpc) is 3.14. The zero-order valence-corrected chi connectivity index (χ0v) is 14.1. The molecular formula is C17H18ClN5O. The number of benzene rings is 1. The van der Waals surface area contributed by atoms with Gasteiger partial charge in [0.25, 0.3) is 0 Å². The van der Waals surface area contributed by atoms with Crippen molar-refractivity contribution in [3.63, 3.8) is 0 Å². The van der Waals surface area contributed by atoms with Gasteiger partial charge >= 0.3 is 0 Å². The maximum Gasteiger partial charge on any atom is 0.226 e. The molecule has 124 valence electrons. The van der Waals surface area contributed by atoms with Gasteiger partial charge in [-0.1, -0.05) is 23.7 Å². The Bertz CT molecular complexity index is 839. The summed E-state index contributed by atoms with van der Waals surface area (Å²) in [7, 11) is 0. The normalized spacial score (nSPS) is 10.8. The third-order valence-electron chi connectivity index (χ3n) is 3.50. The molecule has 3 aromatic rings. The second-order valence-corrected chi connectivity index (χ2v) is 6.01. The Labute approximate surface area is 145 Å². The first-order chi connectivity index (χ1) is 11.6. The number of halogens is 1. The number of rotatable bonds is 6. The van der Waals surface area contributed by atoms with Gasteiger partial charge in [0.15, 0.2) is 0 Å². The van der Waals surface area contributed by atoms with Crippen LogP contribution in [0, 0.1) is 6.92 Å². The third kappa shape index (κ3) is 4.45. The second-order valence-electron chi connectivity index (χ2n) is 5.57. The first-order valence-electron chi connectivity index (χ1n) is 7.65. The topological polar surface area (TPSA) is 64.7 Å². The molecule has 0 unspecified atom stereocenters. The lowest BCUT2D eigenvalue weighted by Crippen LogP contribution is -2.15. The molecule has 0 saturated heterocycles. The lowest BCUT2D eigenvalue weighted by Gasteiger charge is -2.08. The minimum atomic E-state index is -0.0394. The standard InChI is InChI=1S/C17H18ClN5O/c1-13-5-7-22(21-13)8-6-17(24)20-16-4-2-3-14(9-16)11-23-12-15(18)10-19-23/h2-5,7,9-10,12H,6,8,11H2,1H3,(H,20,24). The van der Waals surface area contributed by atoms with Crippen molar-refractivity contribution in [3.05, 3.63) is 65.2 Å². The zero-order valence-electron chi connectivity index (χ0n) is 13.3. The molecular weight excluding hydrogens is 326 g/mol. The molecule has 7 heteroatoms. The van der Waals surface area contributed by atoms with E-state index in [0.717, 1.165) is 16.9 Å². The number of hydrogen-bond acceptors (Lipinski definition) is 3. The van der Waals surface area contributed by atoms with Gasteiger partial charge in [0.05, 0.1) is 23.5 Å². The van der Waals surface area contributed by atoms with Crippen molar-refractivity contribution in [3.8, 4) is 0 Å². The number of nitrogens with zero attached hydrogens (tertiary/aromatic N) is 4. The van der Waals surface area contributed by atoms with Crippen LogP contribution in [-0.2, 0) is 17.9 Å². The molecule has 0 aliphatic carbocycles. The highest BCUT2D eigenvalue weighted by atomic mass is 35.5. The van der Waals surface area contributed by atoms with Crippen LogP contribution < -0.4 is 5.32 Å². The predicted octanol–water partition coefficient (Wildman–Crippen LogP) is 3.12. The Balaban J connectivity index is 1.56. The molecule has 2 heterocycles. The van der Waals surface area contributed by atoms with Crippen LogP contribution in [0.1, 0.15) is 17.7 Å². The van der Waals surface area contributed by atoms with E-state index in [1.165, 1.54) is 0 Å². The van der Waals surface area contributed by atoms with E-state index in [4.69, 9.17) is 11.6 Å². The van der Waals surface area contributed by atoms with Gasteiger partial charge in [-0.15, -0.1) is 0 Å². The molecule has 0 bridgehead atoms. The van der Waals surface area contributed by atoms with E-state index in [2.05, 4.69) is 15.5 Å². The van der Waals surface area contributed by atoms with E-state index in [9.17, 15) is 4.79 Å². The van der Waals surface area contributed by atoms with Crippen LogP contribution >= 0.6 is 11.6 Å². The van der Waals surface area contributed by atoms with Gasteiger partial charge in [-0.3, -0.25) is 14.2 Å². The number of aryl methyl sites for hydroxylation is 2. The van der Waals surface area contributed by atoms with Gasteiger partial charge in [-0.2, -0.15) is 10.2 Å². The van der Waals surface area contributed by atoms with Crippen LogP contribution in [0.15, 0.2) is 48.9 Å². The van der Waals surface area contributed by atoms with Gasteiger partial charge in [0.2, 0.25) is 5.91 Å². The van der Waals surface area contributed by atoms with E-state index in [0.29, 0.717) is 24.5 Å². The van der Waals surface area contributed by atoms with Crippen LogP contribution in [0.3, 0.4) is 0 Å². The Hall–Kier alpha value is -2.60. The van der Waals surface area contributed by atoms with E-state index >= 15 is 0 Å². The van der Waals surface area contributed by atoms with Crippen molar-refractivity contribution < 1.29 is 4.79 Å². The van der Waals surface area contributed by atoms with Crippen LogP contribution in [-0.4, -0.2) is 25.5 Å². The first kappa shape index (κ1) is 16.3. The van der Waals surface area contributed by atoms with Crippen LogP contribution in [0.2, 0.25) is 5.02 Å². The fourth-order valence-electron chi connectivity index (χ4n) is 2.39.